The van der Waals surface area contributed by atoms with Gasteiger partial charge in [-0.1, -0.05) is 36.4 Å². The quantitative estimate of drug-likeness (QED) is 0.147. The van der Waals surface area contributed by atoms with Crippen molar-refractivity contribution in [1.82, 2.24) is 25.1 Å². The number of fused-ring (bicyclic) bond motifs is 2. The van der Waals surface area contributed by atoms with Crippen LogP contribution in [-0.2, 0) is 28.7 Å². The highest BCUT2D eigenvalue weighted by molar-refractivity contribution is 5.84. The van der Waals surface area contributed by atoms with Crippen LogP contribution in [0.5, 0.6) is 0 Å². The van der Waals surface area contributed by atoms with Crippen LogP contribution in [0.15, 0.2) is 79.1 Å². The highest BCUT2D eigenvalue weighted by atomic mass is 19.4. The first-order chi connectivity index (χ1) is 22.5. The molecule has 0 radical (unpaired) electrons. The number of likely N-dealkylation sites (tertiary alicyclic amines) is 1. The molecule has 1 atom stereocenters. The van der Waals surface area contributed by atoms with E-state index in [1.165, 1.54) is 36.1 Å². The molecule has 47 heavy (non-hydrogen) atoms. The number of aromatic nitrogens is 2. The predicted octanol–water partition coefficient (Wildman–Crippen LogP) is 6.76. The van der Waals surface area contributed by atoms with E-state index < -0.39 is 17.8 Å². The third-order valence-corrected chi connectivity index (χ3v) is 9.15. The number of nitrogens with zero attached hydrogens (tertiary/aromatic N) is 2. The maximum atomic E-state index is 13.9. The number of carbonyl (C=O) groups excluding carboxylic acids is 2. The number of aromatic amines is 2. The average Bonchev–Trinajstić information content (AvgIpc) is 3.64. The number of benzene rings is 3. The first kappa shape index (κ1) is 32.3. The fraction of sp³-hybridized carbons (Fsp3) is 0.333. The molecule has 6 rings (SSSR count). The molecule has 11 heteroatoms. The number of carbonyl (C=O) groups is 2. The Bertz CT molecular complexity index is 1870. The van der Waals surface area contributed by atoms with Gasteiger partial charge in [-0.25, -0.2) is 4.39 Å². The van der Waals surface area contributed by atoms with Crippen molar-refractivity contribution < 1.29 is 27.2 Å². The van der Waals surface area contributed by atoms with E-state index in [2.05, 4.69) is 20.2 Å². The largest absolute Gasteiger partial charge is 0.416 e. The maximum Gasteiger partial charge on any atom is 0.416 e. The van der Waals surface area contributed by atoms with Crippen molar-refractivity contribution in [3.8, 4) is 0 Å². The van der Waals surface area contributed by atoms with Crippen LogP contribution in [0.2, 0.25) is 0 Å². The average molecular weight is 648 g/mol. The van der Waals surface area contributed by atoms with Crippen molar-refractivity contribution in [3.05, 3.63) is 107 Å². The van der Waals surface area contributed by atoms with E-state index in [9.17, 15) is 27.2 Å². The normalized spacial score (nSPS) is 15.3. The smallest absolute Gasteiger partial charge is 0.361 e. The van der Waals surface area contributed by atoms with Gasteiger partial charge in [-0.2, -0.15) is 13.2 Å². The number of amides is 2. The van der Waals surface area contributed by atoms with Crippen LogP contribution < -0.4 is 5.32 Å². The Morgan fingerprint density at radius 1 is 0.936 bits per heavy atom. The molecule has 3 N–H and O–H groups in total. The van der Waals surface area contributed by atoms with Crippen LogP contribution >= 0.6 is 0 Å². The van der Waals surface area contributed by atoms with Gasteiger partial charge in [0.25, 0.3) is 0 Å². The minimum absolute atomic E-state index is 0.00631. The van der Waals surface area contributed by atoms with Gasteiger partial charge in [0.2, 0.25) is 11.8 Å². The number of para-hydroxylation sites is 1. The molecule has 0 spiro atoms. The van der Waals surface area contributed by atoms with Gasteiger partial charge in [-0.3, -0.25) is 14.5 Å². The second-order valence-corrected chi connectivity index (χ2v) is 12.4. The molecule has 1 aliphatic rings. The monoisotopic (exact) mass is 647 g/mol. The summed E-state index contributed by atoms with van der Waals surface area (Å²) in [6.45, 7) is 2.63. The van der Waals surface area contributed by atoms with Gasteiger partial charge in [-0.05, 0) is 85.3 Å². The van der Waals surface area contributed by atoms with Crippen molar-refractivity contribution in [1.29, 1.82) is 0 Å². The fourth-order valence-corrected chi connectivity index (χ4v) is 6.77. The number of H-pyrrole nitrogens is 2. The summed E-state index contributed by atoms with van der Waals surface area (Å²) in [5.41, 5.74) is 3.04. The summed E-state index contributed by atoms with van der Waals surface area (Å²) in [4.78, 5) is 36.2. The number of alkyl halides is 3. The lowest BCUT2D eigenvalue weighted by Gasteiger charge is -2.32. The topological polar surface area (TPSA) is 84.2 Å². The molecule has 1 fully saturated rings. The van der Waals surface area contributed by atoms with Gasteiger partial charge >= 0.3 is 6.18 Å². The van der Waals surface area contributed by atoms with E-state index in [1.807, 2.05) is 36.7 Å². The molecular weight excluding hydrogens is 610 g/mol. The van der Waals surface area contributed by atoms with Gasteiger partial charge in [-0.15, -0.1) is 0 Å². The summed E-state index contributed by atoms with van der Waals surface area (Å²) in [6.07, 6.45) is 1.25. The van der Waals surface area contributed by atoms with Crippen molar-refractivity contribution >= 4 is 33.6 Å². The summed E-state index contributed by atoms with van der Waals surface area (Å²) < 4.78 is 55.2. The van der Waals surface area contributed by atoms with E-state index >= 15 is 0 Å². The van der Waals surface area contributed by atoms with Gasteiger partial charge in [0, 0.05) is 54.2 Å². The Kier molecular flexibility index (Phi) is 9.35. The number of nitrogens with one attached hydrogen (secondary N) is 3. The fourth-order valence-electron chi connectivity index (χ4n) is 6.77. The molecule has 2 aromatic heterocycles. The van der Waals surface area contributed by atoms with Crippen LogP contribution in [-0.4, -0.2) is 63.8 Å². The summed E-state index contributed by atoms with van der Waals surface area (Å²) in [6, 6.07) is 17.2. The Morgan fingerprint density at radius 2 is 1.64 bits per heavy atom. The summed E-state index contributed by atoms with van der Waals surface area (Å²) >= 11 is 0. The first-order valence-corrected chi connectivity index (χ1v) is 15.8. The molecule has 0 unspecified atom stereocenters. The van der Waals surface area contributed by atoms with Crippen molar-refractivity contribution in [2.24, 2.45) is 0 Å². The van der Waals surface area contributed by atoms with Crippen LogP contribution in [0, 0.1) is 5.82 Å². The number of rotatable bonds is 10. The summed E-state index contributed by atoms with van der Waals surface area (Å²) in [5.74, 6) is -0.647. The highest BCUT2D eigenvalue weighted by Crippen LogP contribution is 2.34. The zero-order valence-electron chi connectivity index (χ0n) is 26.0. The third-order valence-electron chi connectivity index (χ3n) is 9.15. The van der Waals surface area contributed by atoms with Gasteiger partial charge in [0.05, 0.1) is 18.2 Å². The van der Waals surface area contributed by atoms with Gasteiger partial charge in [0.15, 0.2) is 0 Å². The Balaban J connectivity index is 1.15. The second kappa shape index (κ2) is 13.6. The van der Waals surface area contributed by atoms with Crippen LogP contribution in [0.3, 0.4) is 0 Å². The molecule has 1 aliphatic heterocycles. The Morgan fingerprint density at radius 3 is 2.40 bits per heavy atom. The SMILES string of the molecule is CC(=O)N(Cc1ccccc1C(F)(F)F)C[C@@H](Cc1c[nH]c2ccccc12)NC(=O)CN1CCC(c2c[nH]c3ccc(F)cc23)CC1. The molecule has 7 nitrogen and oxygen atoms in total. The van der Waals surface area contributed by atoms with Crippen molar-refractivity contribution in [2.75, 3.05) is 26.2 Å². The lowest BCUT2D eigenvalue weighted by Crippen LogP contribution is -2.49. The van der Waals surface area contributed by atoms with Crippen LogP contribution in [0.4, 0.5) is 17.6 Å². The first-order valence-electron chi connectivity index (χ1n) is 15.8. The molecule has 1 saturated heterocycles. The molecule has 246 valence electrons. The van der Waals surface area contributed by atoms with Gasteiger partial charge < -0.3 is 20.2 Å². The Labute approximate surface area is 269 Å². The standard InChI is InChI=1S/C36H37F4N5O2/c1-23(46)45(20-25-6-2-4-8-32(25)36(38,39)40)21-28(16-26-18-41-33-9-5-3-7-29(26)33)43-35(47)22-44-14-12-24(13-15-44)31-19-42-34-11-10-27(37)17-30(31)34/h2-11,17-19,24,28,41-42H,12-16,20-22H2,1H3,(H,43,47)/t28-/m1/s1. The molecule has 5 aromatic rings. The van der Waals surface area contributed by atoms with Crippen LogP contribution in [0.1, 0.15) is 47.9 Å². The molecule has 0 aliphatic carbocycles. The molecular formula is C36H37F4N5O2. The zero-order chi connectivity index (χ0) is 33.1. The molecule has 0 saturated carbocycles. The maximum absolute atomic E-state index is 13.9. The lowest BCUT2D eigenvalue weighted by atomic mass is 9.89. The number of hydrogen-bond acceptors (Lipinski definition) is 3. The zero-order valence-corrected chi connectivity index (χ0v) is 26.0. The summed E-state index contributed by atoms with van der Waals surface area (Å²) in [7, 11) is 0. The molecule has 3 heterocycles. The second-order valence-electron chi connectivity index (χ2n) is 12.4. The lowest BCUT2D eigenvalue weighted by molar-refractivity contribution is -0.139. The van der Waals surface area contributed by atoms with E-state index in [0.29, 0.717) is 19.5 Å². The van der Waals surface area contributed by atoms with E-state index in [4.69, 9.17) is 0 Å². The van der Waals surface area contributed by atoms with Gasteiger partial charge in [0.1, 0.15) is 5.82 Å². The predicted molar refractivity (Wildman–Crippen MR) is 173 cm³/mol. The third kappa shape index (κ3) is 7.51. The van der Waals surface area contributed by atoms with Crippen molar-refractivity contribution in [3.63, 3.8) is 0 Å². The minimum Gasteiger partial charge on any atom is -0.361 e. The molecule has 2 amide bonds. The van der Waals surface area contributed by atoms with E-state index in [-0.39, 0.29) is 48.7 Å². The van der Waals surface area contributed by atoms with E-state index in [1.54, 1.807) is 12.1 Å². The molecule has 3 aromatic carbocycles. The summed E-state index contributed by atoms with van der Waals surface area (Å²) in [5, 5.41) is 4.95. The van der Waals surface area contributed by atoms with Crippen LogP contribution in [0.25, 0.3) is 21.8 Å². The highest BCUT2D eigenvalue weighted by Gasteiger charge is 2.34. The number of halogens is 4. The minimum atomic E-state index is -4.56. The number of hydrogen-bond donors (Lipinski definition) is 3. The van der Waals surface area contributed by atoms with Crippen molar-refractivity contribution in [2.45, 2.75) is 50.9 Å². The molecule has 0 bridgehead atoms. The Hall–Kier alpha value is -4.64. The number of piperidine rings is 1. The van der Waals surface area contributed by atoms with E-state index in [0.717, 1.165) is 51.8 Å².